The fourth-order valence-electron chi connectivity index (χ4n) is 4.38. The van der Waals surface area contributed by atoms with Gasteiger partial charge < -0.3 is 10.0 Å². The highest BCUT2D eigenvalue weighted by Crippen LogP contribution is 2.49. The molecule has 0 spiro atoms. The summed E-state index contributed by atoms with van der Waals surface area (Å²) in [5.41, 5.74) is 0. The van der Waals surface area contributed by atoms with Crippen LogP contribution in [0, 0.1) is 29.6 Å². The maximum absolute atomic E-state index is 12.7. The fraction of sp³-hybridized carbons (Fsp3) is 0.750. The van der Waals surface area contributed by atoms with E-state index in [0.29, 0.717) is 5.92 Å². The van der Waals surface area contributed by atoms with Crippen LogP contribution in [0.4, 0.5) is 0 Å². The Morgan fingerprint density at radius 1 is 1.25 bits per heavy atom. The molecule has 0 aromatic rings. The standard InChI is InChI=1S/C16H23NO3/c1-2-3-10-6-7-17(9-10)15(18)13-11-4-5-12(8-11)14(13)16(19)20/h4-5,10-14H,2-3,6-9H2,1H3,(H,19,20). The van der Waals surface area contributed by atoms with Crippen molar-refractivity contribution in [2.45, 2.75) is 32.6 Å². The molecule has 4 heteroatoms. The zero-order valence-corrected chi connectivity index (χ0v) is 12.0. The summed E-state index contributed by atoms with van der Waals surface area (Å²) in [4.78, 5) is 26.1. The van der Waals surface area contributed by atoms with E-state index >= 15 is 0 Å². The van der Waals surface area contributed by atoms with Gasteiger partial charge in [0.2, 0.25) is 5.91 Å². The summed E-state index contributed by atoms with van der Waals surface area (Å²) in [5, 5.41) is 9.43. The quantitative estimate of drug-likeness (QED) is 0.801. The third-order valence-corrected chi connectivity index (χ3v) is 5.32. The highest BCUT2D eigenvalue weighted by Gasteiger charge is 2.52. The zero-order chi connectivity index (χ0) is 14.3. The molecule has 1 aliphatic heterocycles. The van der Waals surface area contributed by atoms with Crippen molar-refractivity contribution in [1.29, 1.82) is 0 Å². The maximum atomic E-state index is 12.7. The Morgan fingerprint density at radius 2 is 1.95 bits per heavy atom. The highest BCUT2D eigenvalue weighted by molar-refractivity contribution is 5.87. The molecule has 0 aromatic carbocycles. The molecule has 110 valence electrons. The number of allylic oxidation sites excluding steroid dienone is 2. The van der Waals surface area contributed by atoms with Gasteiger partial charge in [-0.25, -0.2) is 0 Å². The molecule has 0 radical (unpaired) electrons. The Morgan fingerprint density at radius 3 is 2.60 bits per heavy atom. The number of rotatable bonds is 4. The van der Waals surface area contributed by atoms with Crippen LogP contribution in [0.2, 0.25) is 0 Å². The third kappa shape index (κ3) is 2.15. The molecule has 20 heavy (non-hydrogen) atoms. The van der Waals surface area contributed by atoms with Gasteiger partial charge >= 0.3 is 5.97 Å². The molecule has 1 N–H and O–H groups in total. The molecule has 3 rings (SSSR count). The van der Waals surface area contributed by atoms with Crippen molar-refractivity contribution in [3.05, 3.63) is 12.2 Å². The van der Waals surface area contributed by atoms with Crippen LogP contribution in [0.1, 0.15) is 32.6 Å². The number of hydrogen-bond acceptors (Lipinski definition) is 2. The van der Waals surface area contributed by atoms with Gasteiger partial charge in [-0.2, -0.15) is 0 Å². The van der Waals surface area contributed by atoms with Gasteiger partial charge in [-0.15, -0.1) is 0 Å². The highest BCUT2D eigenvalue weighted by atomic mass is 16.4. The lowest BCUT2D eigenvalue weighted by Crippen LogP contribution is -2.42. The molecule has 1 saturated heterocycles. The van der Waals surface area contributed by atoms with E-state index in [0.717, 1.165) is 32.4 Å². The molecule has 1 amide bonds. The molecule has 1 heterocycles. The molecule has 1 saturated carbocycles. The van der Waals surface area contributed by atoms with Gasteiger partial charge in [0.25, 0.3) is 0 Å². The van der Waals surface area contributed by atoms with E-state index in [9.17, 15) is 14.7 Å². The van der Waals surface area contributed by atoms with Gasteiger partial charge in [-0.3, -0.25) is 9.59 Å². The summed E-state index contributed by atoms with van der Waals surface area (Å²) < 4.78 is 0. The molecule has 3 aliphatic rings. The fourth-order valence-corrected chi connectivity index (χ4v) is 4.38. The Labute approximate surface area is 119 Å². The van der Waals surface area contributed by atoms with Gasteiger partial charge in [0.1, 0.15) is 0 Å². The van der Waals surface area contributed by atoms with Crippen LogP contribution in [-0.2, 0) is 9.59 Å². The van der Waals surface area contributed by atoms with E-state index in [-0.39, 0.29) is 23.7 Å². The Balaban J connectivity index is 1.71. The topological polar surface area (TPSA) is 57.6 Å². The minimum absolute atomic E-state index is 0.0699. The van der Waals surface area contributed by atoms with Gasteiger partial charge in [0.05, 0.1) is 11.8 Å². The summed E-state index contributed by atoms with van der Waals surface area (Å²) in [7, 11) is 0. The Hall–Kier alpha value is -1.32. The Kier molecular flexibility index (Phi) is 3.57. The largest absolute Gasteiger partial charge is 0.481 e. The number of carboxylic acids is 1. The third-order valence-electron chi connectivity index (χ3n) is 5.32. The molecule has 5 unspecified atom stereocenters. The molecule has 5 atom stereocenters. The van der Waals surface area contributed by atoms with Crippen molar-refractivity contribution >= 4 is 11.9 Å². The van der Waals surface area contributed by atoms with Crippen molar-refractivity contribution in [3.8, 4) is 0 Å². The van der Waals surface area contributed by atoms with Gasteiger partial charge in [-0.05, 0) is 37.0 Å². The number of carbonyl (C=O) groups is 2. The van der Waals surface area contributed by atoms with Crippen molar-refractivity contribution in [2.75, 3.05) is 13.1 Å². The number of aliphatic carboxylic acids is 1. The van der Waals surface area contributed by atoms with E-state index in [1.54, 1.807) is 0 Å². The van der Waals surface area contributed by atoms with Gasteiger partial charge in [0, 0.05) is 13.1 Å². The van der Waals surface area contributed by atoms with Crippen molar-refractivity contribution in [2.24, 2.45) is 29.6 Å². The van der Waals surface area contributed by atoms with E-state index in [4.69, 9.17) is 0 Å². The number of amides is 1. The number of fused-ring (bicyclic) bond motifs is 2. The lowest BCUT2D eigenvalue weighted by Gasteiger charge is -2.28. The summed E-state index contributed by atoms with van der Waals surface area (Å²) in [6, 6.07) is 0. The second-order valence-electron chi connectivity index (χ2n) is 6.57. The summed E-state index contributed by atoms with van der Waals surface area (Å²) in [6.07, 6.45) is 8.31. The van der Waals surface area contributed by atoms with Crippen LogP contribution in [0.25, 0.3) is 0 Å². The molecule has 2 aliphatic carbocycles. The minimum Gasteiger partial charge on any atom is -0.481 e. The van der Waals surface area contributed by atoms with Crippen LogP contribution in [-0.4, -0.2) is 35.0 Å². The number of carbonyl (C=O) groups excluding carboxylic acids is 1. The van der Waals surface area contributed by atoms with E-state index < -0.39 is 11.9 Å². The smallest absolute Gasteiger partial charge is 0.307 e. The van der Waals surface area contributed by atoms with E-state index in [1.165, 1.54) is 6.42 Å². The van der Waals surface area contributed by atoms with Crippen LogP contribution in [0.3, 0.4) is 0 Å². The van der Waals surface area contributed by atoms with Crippen LogP contribution < -0.4 is 0 Å². The lowest BCUT2D eigenvalue weighted by molar-refractivity contribution is -0.150. The van der Waals surface area contributed by atoms with Crippen molar-refractivity contribution < 1.29 is 14.7 Å². The van der Waals surface area contributed by atoms with E-state index in [2.05, 4.69) is 13.0 Å². The van der Waals surface area contributed by atoms with Crippen LogP contribution in [0.15, 0.2) is 12.2 Å². The SMILES string of the molecule is CCCC1CCN(C(=O)C2C3C=CC(C3)C2C(=O)O)C1. The molecule has 2 fully saturated rings. The van der Waals surface area contributed by atoms with Gasteiger partial charge in [-0.1, -0.05) is 25.5 Å². The van der Waals surface area contributed by atoms with Gasteiger partial charge in [0.15, 0.2) is 0 Å². The number of likely N-dealkylation sites (tertiary alicyclic amines) is 1. The molecular weight excluding hydrogens is 254 g/mol. The van der Waals surface area contributed by atoms with Crippen molar-refractivity contribution in [1.82, 2.24) is 4.90 Å². The number of nitrogens with zero attached hydrogens (tertiary/aromatic N) is 1. The maximum Gasteiger partial charge on any atom is 0.307 e. The predicted molar refractivity (Wildman–Crippen MR) is 74.9 cm³/mol. The second kappa shape index (κ2) is 5.23. The zero-order valence-electron chi connectivity index (χ0n) is 12.0. The van der Waals surface area contributed by atoms with Crippen LogP contribution >= 0.6 is 0 Å². The summed E-state index contributed by atoms with van der Waals surface area (Å²) >= 11 is 0. The van der Waals surface area contributed by atoms with Crippen LogP contribution in [0.5, 0.6) is 0 Å². The lowest BCUT2D eigenvalue weighted by atomic mass is 9.82. The molecule has 0 aromatic heterocycles. The van der Waals surface area contributed by atoms with Crippen molar-refractivity contribution in [3.63, 3.8) is 0 Å². The average Bonchev–Trinajstić information content (AvgIpc) is 3.12. The average molecular weight is 277 g/mol. The monoisotopic (exact) mass is 277 g/mol. The predicted octanol–water partition coefficient (Wildman–Crippen LogP) is 2.16. The molecular formula is C16H23NO3. The number of hydrogen-bond donors (Lipinski definition) is 1. The first-order chi connectivity index (χ1) is 9.61. The van der Waals surface area contributed by atoms with E-state index in [1.807, 2.05) is 11.0 Å². The summed E-state index contributed by atoms with van der Waals surface area (Å²) in [6.45, 7) is 3.82. The minimum atomic E-state index is -0.801. The Bertz CT molecular complexity index is 445. The second-order valence-corrected chi connectivity index (χ2v) is 6.57. The molecule has 4 nitrogen and oxygen atoms in total. The first-order valence-electron chi connectivity index (χ1n) is 7.81. The normalized spacial score (nSPS) is 38.6. The molecule has 2 bridgehead atoms. The summed E-state index contributed by atoms with van der Waals surface area (Å²) in [5.74, 6) is -0.691. The first-order valence-corrected chi connectivity index (χ1v) is 7.81. The number of carboxylic acid groups (broad SMARTS) is 1. The first kappa shape index (κ1) is 13.7.